The van der Waals surface area contributed by atoms with E-state index in [1.807, 2.05) is 6.92 Å². The monoisotopic (exact) mass is 291 g/mol. The molecule has 2 heteroatoms. The van der Waals surface area contributed by atoms with Gasteiger partial charge in [0.25, 0.3) is 0 Å². The van der Waals surface area contributed by atoms with Gasteiger partial charge in [-0.15, -0.1) is 0 Å². The van der Waals surface area contributed by atoms with E-state index in [4.69, 9.17) is 4.42 Å². The second-order valence-corrected chi connectivity index (χ2v) is 7.86. The molecular weight excluding hydrogens is 258 g/mol. The van der Waals surface area contributed by atoms with E-state index in [2.05, 4.69) is 45.1 Å². The van der Waals surface area contributed by atoms with Gasteiger partial charge in [-0.05, 0) is 75.0 Å². The minimum absolute atomic E-state index is 0.402. The summed E-state index contributed by atoms with van der Waals surface area (Å²) in [6.45, 7) is 12.5. The third kappa shape index (κ3) is 4.35. The van der Waals surface area contributed by atoms with Gasteiger partial charge in [-0.25, -0.2) is 0 Å². The van der Waals surface area contributed by atoms with Crippen LogP contribution >= 0.6 is 0 Å². The minimum atomic E-state index is 0.402. The molecule has 1 N–H and O–H groups in total. The van der Waals surface area contributed by atoms with E-state index in [0.29, 0.717) is 11.5 Å². The highest BCUT2D eigenvalue weighted by Gasteiger charge is 2.34. The van der Waals surface area contributed by atoms with Crippen molar-refractivity contribution in [3.63, 3.8) is 0 Å². The van der Waals surface area contributed by atoms with Crippen LogP contribution in [-0.4, -0.2) is 6.54 Å². The SMILES string of the molecule is CCCNC(c1ccc(C)o1)C1CCC(C(C)(C)C)CC1. The van der Waals surface area contributed by atoms with Gasteiger partial charge in [0.15, 0.2) is 0 Å². The molecular formula is C19H33NO. The summed E-state index contributed by atoms with van der Waals surface area (Å²) in [5.74, 6) is 3.76. The number of hydrogen-bond donors (Lipinski definition) is 1. The van der Waals surface area contributed by atoms with E-state index in [9.17, 15) is 0 Å². The summed E-state index contributed by atoms with van der Waals surface area (Å²) in [4.78, 5) is 0. The number of hydrogen-bond acceptors (Lipinski definition) is 2. The maximum atomic E-state index is 5.93. The van der Waals surface area contributed by atoms with Crippen molar-refractivity contribution in [1.29, 1.82) is 0 Å². The molecule has 2 rings (SSSR count). The second-order valence-electron chi connectivity index (χ2n) is 7.86. The maximum Gasteiger partial charge on any atom is 0.121 e. The van der Waals surface area contributed by atoms with Crippen LogP contribution in [0.4, 0.5) is 0 Å². The Labute approximate surface area is 130 Å². The lowest BCUT2D eigenvalue weighted by Gasteiger charge is -2.39. The van der Waals surface area contributed by atoms with Crippen molar-refractivity contribution >= 4 is 0 Å². The van der Waals surface area contributed by atoms with Crippen LogP contribution in [0, 0.1) is 24.2 Å². The first-order valence-corrected chi connectivity index (χ1v) is 8.71. The molecule has 1 aliphatic rings. The maximum absolute atomic E-state index is 5.93. The van der Waals surface area contributed by atoms with Gasteiger partial charge in [-0.3, -0.25) is 0 Å². The molecule has 1 heterocycles. The molecule has 0 saturated heterocycles. The first-order chi connectivity index (χ1) is 9.91. The Morgan fingerprint density at radius 2 is 1.86 bits per heavy atom. The van der Waals surface area contributed by atoms with Gasteiger partial charge in [-0.2, -0.15) is 0 Å². The quantitative estimate of drug-likeness (QED) is 0.777. The topological polar surface area (TPSA) is 25.2 Å². The molecule has 1 unspecified atom stereocenters. The molecule has 1 aromatic heterocycles. The fraction of sp³-hybridized carbons (Fsp3) is 0.789. The molecule has 0 bridgehead atoms. The molecule has 1 fully saturated rings. The summed E-state index contributed by atoms with van der Waals surface area (Å²) in [7, 11) is 0. The number of furan rings is 1. The first kappa shape index (κ1) is 16.6. The lowest BCUT2D eigenvalue weighted by atomic mass is 9.68. The van der Waals surface area contributed by atoms with E-state index in [1.165, 1.54) is 32.1 Å². The Balaban J connectivity index is 2.02. The average Bonchev–Trinajstić information content (AvgIpc) is 2.85. The van der Waals surface area contributed by atoms with Crippen molar-refractivity contribution in [2.75, 3.05) is 6.54 Å². The highest BCUT2D eigenvalue weighted by molar-refractivity contribution is 5.11. The van der Waals surface area contributed by atoms with Gasteiger partial charge in [0.1, 0.15) is 11.5 Å². The van der Waals surface area contributed by atoms with Crippen LogP contribution < -0.4 is 5.32 Å². The third-order valence-corrected chi connectivity index (χ3v) is 5.15. The van der Waals surface area contributed by atoms with E-state index >= 15 is 0 Å². The standard InChI is InChI=1S/C19H33NO/c1-6-13-20-18(17-12-7-14(2)21-17)15-8-10-16(11-9-15)19(3,4)5/h7,12,15-16,18,20H,6,8-11,13H2,1-5H3. The van der Waals surface area contributed by atoms with Crippen molar-refractivity contribution in [3.05, 3.63) is 23.7 Å². The molecule has 0 amide bonds. The molecule has 1 aliphatic carbocycles. The minimum Gasteiger partial charge on any atom is -0.465 e. The van der Waals surface area contributed by atoms with Crippen molar-refractivity contribution in [2.24, 2.45) is 17.3 Å². The first-order valence-electron chi connectivity index (χ1n) is 8.71. The van der Waals surface area contributed by atoms with Gasteiger partial charge in [0, 0.05) is 0 Å². The Morgan fingerprint density at radius 3 is 2.33 bits per heavy atom. The molecule has 0 aliphatic heterocycles. The molecule has 1 atom stereocenters. The molecule has 0 aromatic carbocycles. The van der Waals surface area contributed by atoms with Crippen LogP contribution in [0.25, 0.3) is 0 Å². The van der Waals surface area contributed by atoms with Gasteiger partial charge in [-0.1, -0.05) is 27.7 Å². The fourth-order valence-corrected chi connectivity index (χ4v) is 3.74. The Bertz CT molecular complexity index is 421. The zero-order chi connectivity index (χ0) is 15.5. The van der Waals surface area contributed by atoms with Gasteiger partial charge < -0.3 is 9.73 Å². The van der Waals surface area contributed by atoms with Gasteiger partial charge in [0.2, 0.25) is 0 Å². The number of nitrogens with one attached hydrogen (secondary N) is 1. The predicted octanol–water partition coefficient (Wildman–Crippen LogP) is 5.48. The summed E-state index contributed by atoms with van der Waals surface area (Å²) in [5.41, 5.74) is 0.457. The Morgan fingerprint density at radius 1 is 1.19 bits per heavy atom. The predicted molar refractivity (Wildman–Crippen MR) is 89.4 cm³/mol. The highest BCUT2D eigenvalue weighted by Crippen LogP contribution is 2.43. The largest absolute Gasteiger partial charge is 0.465 e. The summed E-state index contributed by atoms with van der Waals surface area (Å²) in [6, 6.07) is 4.66. The van der Waals surface area contributed by atoms with E-state index < -0.39 is 0 Å². The van der Waals surface area contributed by atoms with Gasteiger partial charge in [0.05, 0.1) is 6.04 Å². The smallest absolute Gasteiger partial charge is 0.121 e. The van der Waals surface area contributed by atoms with Crippen molar-refractivity contribution in [2.45, 2.75) is 72.8 Å². The zero-order valence-corrected chi connectivity index (χ0v) is 14.5. The molecule has 1 saturated carbocycles. The molecule has 0 spiro atoms. The van der Waals surface area contributed by atoms with Crippen LogP contribution in [0.1, 0.15) is 77.4 Å². The summed E-state index contributed by atoms with van der Waals surface area (Å²) >= 11 is 0. The molecule has 1 aromatic rings. The van der Waals surface area contributed by atoms with E-state index in [0.717, 1.165) is 29.9 Å². The molecule has 2 nitrogen and oxygen atoms in total. The lowest BCUT2D eigenvalue weighted by molar-refractivity contribution is 0.127. The van der Waals surface area contributed by atoms with Crippen LogP contribution in [0.2, 0.25) is 0 Å². The lowest BCUT2D eigenvalue weighted by Crippen LogP contribution is -2.33. The van der Waals surface area contributed by atoms with E-state index in [1.54, 1.807) is 0 Å². The Kier molecular flexibility index (Phi) is 5.54. The third-order valence-electron chi connectivity index (χ3n) is 5.15. The number of aryl methyl sites for hydroxylation is 1. The highest BCUT2D eigenvalue weighted by atomic mass is 16.3. The van der Waals surface area contributed by atoms with Crippen molar-refractivity contribution in [1.82, 2.24) is 5.32 Å². The zero-order valence-electron chi connectivity index (χ0n) is 14.5. The normalized spacial score (nSPS) is 25.0. The van der Waals surface area contributed by atoms with Crippen molar-refractivity contribution < 1.29 is 4.42 Å². The fourth-order valence-electron chi connectivity index (χ4n) is 3.74. The molecule has 0 radical (unpaired) electrons. The van der Waals surface area contributed by atoms with Crippen LogP contribution in [-0.2, 0) is 0 Å². The number of rotatable bonds is 5. The second kappa shape index (κ2) is 7.00. The molecule has 21 heavy (non-hydrogen) atoms. The van der Waals surface area contributed by atoms with Crippen LogP contribution in [0.5, 0.6) is 0 Å². The van der Waals surface area contributed by atoms with Gasteiger partial charge >= 0.3 is 0 Å². The van der Waals surface area contributed by atoms with Crippen LogP contribution in [0.3, 0.4) is 0 Å². The molecule has 120 valence electrons. The summed E-state index contributed by atoms with van der Waals surface area (Å²) < 4.78 is 5.93. The van der Waals surface area contributed by atoms with Crippen molar-refractivity contribution in [3.8, 4) is 0 Å². The average molecular weight is 291 g/mol. The van der Waals surface area contributed by atoms with E-state index in [-0.39, 0.29) is 0 Å². The summed E-state index contributed by atoms with van der Waals surface area (Å²) in [5, 5.41) is 3.73. The Hall–Kier alpha value is -0.760. The summed E-state index contributed by atoms with van der Waals surface area (Å²) in [6.07, 6.45) is 6.54. The van der Waals surface area contributed by atoms with Crippen LogP contribution in [0.15, 0.2) is 16.5 Å².